The first-order valence-corrected chi connectivity index (χ1v) is 16.5. The second kappa shape index (κ2) is 12.5. The van der Waals surface area contributed by atoms with Crippen molar-refractivity contribution in [3.8, 4) is 0 Å². The van der Waals surface area contributed by atoms with Gasteiger partial charge in [0.15, 0.2) is 0 Å². The van der Waals surface area contributed by atoms with Crippen LogP contribution in [0.3, 0.4) is 0 Å². The molecule has 42 heavy (non-hydrogen) atoms. The van der Waals surface area contributed by atoms with E-state index >= 15 is 0 Å². The van der Waals surface area contributed by atoms with Crippen molar-refractivity contribution in [2.45, 2.75) is 38.6 Å². The van der Waals surface area contributed by atoms with E-state index < -0.39 is 0 Å². The van der Waals surface area contributed by atoms with Gasteiger partial charge in [-0.3, -0.25) is 0 Å². The van der Waals surface area contributed by atoms with E-state index in [4.69, 9.17) is 4.98 Å². The van der Waals surface area contributed by atoms with Crippen LogP contribution in [0, 0.1) is 0 Å². The van der Waals surface area contributed by atoms with E-state index in [1.165, 1.54) is 130 Å². The van der Waals surface area contributed by atoms with Crippen molar-refractivity contribution in [3.05, 3.63) is 48.0 Å². The first-order chi connectivity index (χ1) is 20.6. The second-order valence-electron chi connectivity index (χ2n) is 13.1. The number of unbranched alkanes of at least 4 members (excludes halogenated alkanes) is 1. The maximum Gasteiger partial charge on any atom is 0.0989 e. The zero-order valence-corrected chi connectivity index (χ0v) is 25.9. The minimum absolute atomic E-state index is 1.06. The fourth-order valence-corrected chi connectivity index (χ4v) is 7.51. The second-order valence-corrected chi connectivity index (χ2v) is 13.1. The number of piperazine rings is 2. The first kappa shape index (κ1) is 28.1. The van der Waals surface area contributed by atoms with Crippen molar-refractivity contribution < 1.29 is 0 Å². The molecule has 2 saturated heterocycles. The van der Waals surface area contributed by atoms with Crippen molar-refractivity contribution in [3.63, 3.8) is 0 Å². The predicted octanol–water partition coefficient (Wildman–Crippen LogP) is 4.76. The maximum atomic E-state index is 5.34. The van der Waals surface area contributed by atoms with E-state index in [0.29, 0.717) is 0 Å². The summed E-state index contributed by atoms with van der Waals surface area (Å²) in [5.74, 6) is 0. The van der Waals surface area contributed by atoms with Crippen molar-refractivity contribution in [1.29, 1.82) is 0 Å². The van der Waals surface area contributed by atoms with Crippen LogP contribution in [0.25, 0.3) is 32.8 Å². The molecule has 2 fully saturated rings. The number of nitrogens with zero attached hydrogens (tertiary/aromatic N) is 7. The van der Waals surface area contributed by atoms with E-state index in [1.54, 1.807) is 0 Å². The molecule has 0 atom stereocenters. The van der Waals surface area contributed by atoms with E-state index in [2.05, 4.69) is 85.6 Å². The molecule has 0 bridgehead atoms. The third kappa shape index (κ3) is 5.77. The number of anilines is 1. The van der Waals surface area contributed by atoms with Gasteiger partial charge in [-0.2, -0.15) is 0 Å². The van der Waals surface area contributed by atoms with Gasteiger partial charge in [-0.15, -0.1) is 0 Å². The largest absolute Gasteiger partial charge is 0.369 e. The molecule has 224 valence electrons. The van der Waals surface area contributed by atoms with Crippen LogP contribution < -0.4 is 4.90 Å². The summed E-state index contributed by atoms with van der Waals surface area (Å²) in [7, 11) is 4.48. The summed E-state index contributed by atoms with van der Waals surface area (Å²) in [6.45, 7) is 15.3. The van der Waals surface area contributed by atoms with Crippen LogP contribution in [0.2, 0.25) is 0 Å². The molecule has 5 heterocycles. The van der Waals surface area contributed by atoms with Crippen LogP contribution in [0.4, 0.5) is 5.69 Å². The molecule has 7 heteroatoms. The molecule has 0 saturated carbocycles. The topological polar surface area (TPSA) is 34.0 Å². The Labute approximate surface area is 251 Å². The monoisotopic (exact) mass is 567 g/mol. The lowest BCUT2D eigenvalue weighted by atomic mass is 10.0. The highest BCUT2D eigenvalue weighted by Crippen LogP contribution is 2.41. The molecule has 0 amide bonds. The van der Waals surface area contributed by atoms with Crippen LogP contribution in [-0.2, 0) is 13.0 Å². The van der Waals surface area contributed by atoms with E-state index in [1.807, 2.05) is 0 Å². The lowest BCUT2D eigenvalue weighted by molar-refractivity contribution is 0.152. The van der Waals surface area contributed by atoms with Crippen molar-refractivity contribution >= 4 is 38.5 Å². The van der Waals surface area contributed by atoms with Crippen molar-refractivity contribution in [1.82, 2.24) is 29.2 Å². The quantitative estimate of drug-likeness (QED) is 0.272. The number of pyridine rings is 1. The van der Waals surface area contributed by atoms with Crippen LogP contribution in [0.15, 0.2) is 42.5 Å². The first-order valence-electron chi connectivity index (χ1n) is 16.5. The van der Waals surface area contributed by atoms with Gasteiger partial charge in [0.25, 0.3) is 0 Å². The molecule has 7 rings (SSSR count). The summed E-state index contributed by atoms with van der Waals surface area (Å²) in [5.41, 5.74) is 7.91. The summed E-state index contributed by atoms with van der Waals surface area (Å²) in [5, 5.41) is 2.65. The molecule has 7 nitrogen and oxygen atoms in total. The molecule has 4 aromatic rings. The van der Waals surface area contributed by atoms with Gasteiger partial charge in [0.2, 0.25) is 0 Å². The smallest absolute Gasteiger partial charge is 0.0989 e. The Morgan fingerprint density at radius 2 is 1.38 bits per heavy atom. The zero-order valence-electron chi connectivity index (χ0n) is 25.9. The minimum Gasteiger partial charge on any atom is -0.369 e. The Balaban J connectivity index is 1.14. The zero-order chi connectivity index (χ0) is 28.5. The standard InChI is InChI=1S/C35H49N7/c1-37-19-23-39(24-20-37)14-6-5-9-28-12-13-32-30(27-28)33-35-34(29-10-3-4-11-31(29)36-33)41(17-8-18-42(32)35)16-7-15-40-25-21-38(2)22-26-40/h3-4,10-13,27H,5-9,14-26H2,1-2H3. The summed E-state index contributed by atoms with van der Waals surface area (Å²) in [6.07, 6.45) is 6.05. The molecule has 3 aliphatic rings. The minimum atomic E-state index is 1.06. The molecule has 3 aliphatic heterocycles. The molecule has 0 N–H and O–H groups in total. The van der Waals surface area contributed by atoms with Gasteiger partial charge in [0.05, 0.1) is 27.8 Å². The summed E-state index contributed by atoms with van der Waals surface area (Å²) in [4.78, 5) is 18.2. The number of benzene rings is 2. The third-order valence-electron chi connectivity index (χ3n) is 10.1. The van der Waals surface area contributed by atoms with Gasteiger partial charge in [0.1, 0.15) is 0 Å². The normalized spacial score (nSPS) is 19.8. The lowest BCUT2D eigenvalue weighted by Crippen LogP contribution is -2.45. The highest BCUT2D eigenvalue weighted by molar-refractivity contribution is 6.16. The number of likely N-dealkylation sites (N-methyl/N-ethyl adjacent to an activating group) is 2. The van der Waals surface area contributed by atoms with Crippen LogP contribution in [0.5, 0.6) is 0 Å². The number of para-hydroxylation sites is 1. The van der Waals surface area contributed by atoms with Gasteiger partial charge >= 0.3 is 0 Å². The van der Waals surface area contributed by atoms with Gasteiger partial charge in [-0.25, -0.2) is 4.98 Å². The highest BCUT2D eigenvalue weighted by atomic mass is 15.3. The van der Waals surface area contributed by atoms with Crippen LogP contribution in [-0.4, -0.2) is 122 Å². The van der Waals surface area contributed by atoms with E-state index in [0.717, 1.165) is 31.6 Å². The summed E-state index contributed by atoms with van der Waals surface area (Å²) >= 11 is 0. The van der Waals surface area contributed by atoms with Gasteiger partial charge < -0.3 is 29.1 Å². The molecule has 2 aromatic carbocycles. The Morgan fingerprint density at radius 3 is 2.14 bits per heavy atom. The molecule has 0 aliphatic carbocycles. The van der Waals surface area contributed by atoms with E-state index in [-0.39, 0.29) is 0 Å². The molecule has 0 spiro atoms. The number of rotatable bonds is 9. The van der Waals surface area contributed by atoms with Crippen LogP contribution >= 0.6 is 0 Å². The molecular weight excluding hydrogens is 518 g/mol. The number of fused-ring (bicyclic) bond motifs is 5. The van der Waals surface area contributed by atoms with Gasteiger partial charge in [-0.1, -0.05) is 24.3 Å². The number of hydrogen-bond acceptors (Lipinski definition) is 6. The number of aromatic nitrogens is 2. The van der Waals surface area contributed by atoms with E-state index in [9.17, 15) is 0 Å². The number of aryl methyl sites for hydroxylation is 2. The Bertz CT molecular complexity index is 1510. The fraction of sp³-hybridized carbons (Fsp3) is 0.571. The molecule has 0 unspecified atom stereocenters. The Morgan fingerprint density at radius 1 is 0.667 bits per heavy atom. The highest BCUT2D eigenvalue weighted by Gasteiger charge is 2.25. The fourth-order valence-electron chi connectivity index (χ4n) is 7.51. The molecule has 0 radical (unpaired) electrons. The average molecular weight is 568 g/mol. The van der Waals surface area contributed by atoms with Crippen molar-refractivity contribution in [2.75, 3.05) is 97.5 Å². The maximum absolute atomic E-state index is 5.34. The summed E-state index contributed by atoms with van der Waals surface area (Å²) < 4.78 is 2.59. The summed E-state index contributed by atoms with van der Waals surface area (Å²) in [6, 6.07) is 16.1. The SMILES string of the molecule is CN1CCN(CCCCc2ccc3c(c2)c2nc4ccccc4c4c2n3CCCN4CCCN2CCN(C)CC2)CC1. The Hall–Kier alpha value is -2.71. The van der Waals surface area contributed by atoms with Crippen molar-refractivity contribution in [2.24, 2.45) is 0 Å². The average Bonchev–Trinajstić information content (AvgIpc) is 3.18. The molecule has 2 aromatic heterocycles. The van der Waals surface area contributed by atoms with Gasteiger partial charge in [-0.05, 0) is 83.1 Å². The number of hydrogen-bond donors (Lipinski definition) is 0. The van der Waals surface area contributed by atoms with Gasteiger partial charge in [0, 0.05) is 82.8 Å². The lowest BCUT2D eigenvalue weighted by Gasteiger charge is -2.33. The third-order valence-corrected chi connectivity index (χ3v) is 10.1. The predicted molar refractivity (Wildman–Crippen MR) is 177 cm³/mol. The van der Waals surface area contributed by atoms with Crippen LogP contribution in [0.1, 0.15) is 31.2 Å². The Kier molecular flexibility index (Phi) is 8.35. The molecular formula is C35H49N7.